The van der Waals surface area contributed by atoms with Crippen LogP contribution in [0.1, 0.15) is 17.0 Å². The Bertz CT molecular complexity index is 555. The minimum Gasteiger partial charge on any atom is -0.241 e. The third-order valence-corrected chi connectivity index (χ3v) is 2.50. The smallest absolute Gasteiger partial charge is 0.241 e. The third-order valence-electron chi connectivity index (χ3n) is 2.29. The molecule has 0 amide bonds. The summed E-state index contributed by atoms with van der Waals surface area (Å²) in [4.78, 5) is 7.88. The molecule has 18 heavy (non-hydrogen) atoms. The summed E-state index contributed by atoms with van der Waals surface area (Å²) < 4.78 is 37.6. The van der Waals surface area contributed by atoms with Gasteiger partial charge in [0.25, 0.3) is 0 Å². The summed E-state index contributed by atoms with van der Waals surface area (Å²) in [5.74, 6) is 0.391. The monoisotopic (exact) mass is 272 g/mol. The average molecular weight is 273 g/mol. The Balaban J connectivity index is 2.25. The first kappa shape index (κ1) is 12.8. The Hall–Kier alpha value is -1.62. The van der Waals surface area contributed by atoms with Gasteiger partial charge in [0.15, 0.2) is 0 Å². The van der Waals surface area contributed by atoms with Crippen LogP contribution < -0.4 is 0 Å². The van der Waals surface area contributed by atoms with Crippen molar-refractivity contribution in [2.75, 3.05) is 0 Å². The normalized spacial score (nSPS) is 11.6. The summed E-state index contributed by atoms with van der Waals surface area (Å²) in [6.45, 7) is 0. The van der Waals surface area contributed by atoms with Crippen molar-refractivity contribution in [3.8, 4) is 0 Å². The van der Waals surface area contributed by atoms with Gasteiger partial charge in [-0.15, -0.1) is 0 Å². The van der Waals surface area contributed by atoms with E-state index < -0.39 is 11.7 Å². The summed E-state index contributed by atoms with van der Waals surface area (Å²) in [6.07, 6.45) is -2.66. The maximum absolute atomic E-state index is 12.5. The maximum atomic E-state index is 12.5. The van der Waals surface area contributed by atoms with E-state index >= 15 is 0 Å². The Labute approximate surface area is 106 Å². The maximum Gasteiger partial charge on any atom is 0.416 e. The van der Waals surface area contributed by atoms with Crippen LogP contribution in [0.2, 0.25) is 5.15 Å². The molecule has 1 aromatic carbocycles. The molecule has 2 nitrogen and oxygen atoms in total. The van der Waals surface area contributed by atoms with E-state index in [9.17, 15) is 13.2 Å². The molecule has 0 saturated heterocycles. The van der Waals surface area contributed by atoms with Crippen LogP contribution in [0, 0.1) is 0 Å². The van der Waals surface area contributed by atoms with Gasteiger partial charge in [-0.3, -0.25) is 0 Å². The minimum absolute atomic E-state index is 0.213. The van der Waals surface area contributed by atoms with Crippen LogP contribution in [0.3, 0.4) is 0 Å². The molecule has 0 aliphatic rings. The second kappa shape index (κ2) is 4.94. The highest BCUT2D eigenvalue weighted by molar-refractivity contribution is 6.29. The standard InChI is InChI=1S/C12H8ClF3N2/c13-10-4-5-17-11(18-10)7-8-2-1-3-9(6-8)12(14,15)16/h1-6H,7H2. The molecule has 0 unspecified atom stereocenters. The highest BCUT2D eigenvalue weighted by Crippen LogP contribution is 2.29. The van der Waals surface area contributed by atoms with Gasteiger partial charge in [-0.2, -0.15) is 13.2 Å². The van der Waals surface area contributed by atoms with E-state index in [2.05, 4.69) is 9.97 Å². The van der Waals surface area contributed by atoms with E-state index in [-0.39, 0.29) is 11.6 Å². The van der Waals surface area contributed by atoms with Gasteiger partial charge >= 0.3 is 6.18 Å². The molecule has 0 saturated carbocycles. The van der Waals surface area contributed by atoms with Gasteiger partial charge in [-0.05, 0) is 17.7 Å². The molecule has 6 heteroatoms. The van der Waals surface area contributed by atoms with E-state index in [0.29, 0.717) is 11.4 Å². The zero-order valence-corrected chi connectivity index (χ0v) is 9.83. The first-order valence-electron chi connectivity index (χ1n) is 5.09. The van der Waals surface area contributed by atoms with E-state index in [1.807, 2.05) is 0 Å². The molecular formula is C12H8ClF3N2. The largest absolute Gasteiger partial charge is 0.416 e. The number of halogens is 4. The Morgan fingerprint density at radius 2 is 1.94 bits per heavy atom. The van der Waals surface area contributed by atoms with Gasteiger partial charge in [0.2, 0.25) is 0 Å². The van der Waals surface area contributed by atoms with Crippen molar-refractivity contribution in [1.82, 2.24) is 9.97 Å². The molecule has 94 valence electrons. The third kappa shape index (κ3) is 3.20. The first-order chi connectivity index (χ1) is 8.45. The first-order valence-corrected chi connectivity index (χ1v) is 5.46. The van der Waals surface area contributed by atoms with Crippen molar-refractivity contribution in [3.05, 3.63) is 58.6 Å². The van der Waals surface area contributed by atoms with E-state index in [1.165, 1.54) is 18.3 Å². The lowest BCUT2D eigenvalue weighted by Crippen LogP contribution is -2.05. The van der Waals surface area contributed by atoms with Crippen molar-refractivity contribution < 1.29 is 13.2 Å². The lowest BCUT2D eigenvalue weighted by molar-refractivity contribution is -0.137. The number of benzene rings is 1. The van der Waals surface area contributed by atoms with Crippen LogP contribution in [0.5, 0.6) is 0 Å². The molecular weight excluding hydrogens is 265 g/mol. The van der Waals surface area contributed by atoms with Crippen LogP contribution in [0.15, 0.2) is 36.5 Å². The summed E-state index contributed by atoms with van der Waals surface area (Å²) in [7, 11) is 0. The fourth-order valence-electron chi connectivity index (χ4n) is 1.50. The number of hydrogen-bond acceptors (Lipinski definition) is 2. The van der Waals surface area contributed by atoms with Gasteiger partial charge in [0.1, 0.15) is 11.0 Å². The molecule has 0 bridgehead atoms. The summed E-state index contributed by atoms with van der Waals surface area (Å²) in [5.41, 5.74) is -0.186. The van der Waals surface area contributed by atoms with Gasteiger partial charge in [0.05, 0.1) is 5.56 Å². The fourth-order valence-corrected chi connectivity index (χ4v) is 1.65. The second-order valence-corrected chi connectivity index (χ2v) is 4.06. The molecule has 0 spiro atoms. The molecule has 1 aromatic heterocycles. The molecule has 0 aliphatic carbocycles. The summed E-state index contributed by atoms with van der Waals surface area (Å²) in [5, 5.41) is 0.270. The molecule has 0 radical (unpaired) electrons. The number of alkyl halides is 3. The molecule has 2 aromatic rings. The Morgan fingerprint density at radius 1 is 1.17 bits per heavy atom. The highest BCUT2D eigenvalue weighted by Gasteiger charge is 2.30. The van der Waals surface area contributed by atoms with Gasteiger partial charge < -0.3 is 0 Å². The SMILES string of the molecule is FC(F)(F)c1cccc(Cc2nccc(Cl)n2)c1. The number of hydrogen-bond donors (Lipinski definition) is 0. The topological polar surface area (TPSA) is 25.8 Å². The van der Waals surface area contributed by atoms with Crippen LogP contribution >= 0.6 is 11.6 Å². The van der Waals surface area contributed by atoms with Crippen LogP contribution in [-0.2, 0) is 12.6 Å². The van der Waals surface area contributed by atoms with Crippen molar-refractivity contribution in [3.63, 3.8) is 0 Å². The quantitative estimate of drug-likeness (QED) is 0.778. The van der Waals surface area contributed by atoms with Crippen LogP contribution in [0.4, 0.5) is 13.2 Å². The van der Waals surface area contributed by atoms with Crippen molar-refractivity contribution in [2.24, 2.45) is 0 Å². The number of aromatic nitrogens is 2. The number of rotatable bonds is 2. The molecule has 1 heterocycles. The van der Waals surface area contributed by atoms with Crippen LogP contribution in [0.25, 0.3) is 0 Å². The fraction of sp³-hybridized carbons (Fsp3) is 0.167. The van der Waals surface area contributed by atoms with Crippen molar-refractivity contribution >= 4 is 11.6 Å². The summed E-state index contributed by atoms with van der Waals surface area (Å²) >= 11 is 5.68. The van der Waals surface area contributed by atoms with Crippen LogP contribution in [-0.4, -0.2) is 9.97 Å². The second-order valence-electron chi connectivity index (χ2n) is 3.67. The minimum atomic E-state index is -4.34. The molecule has 0 aliphatic heterocycles. The zero-order valence-electron chi connectivity index (χ0n) is 9.08. The highest BCUT2D eigenvalue weighted by atomic mass is 35.5. The van der Waals surface area contributed by atoms with Gasteiger partial charge in [-0.1, -0.05) is 29.8 Å². The predicted molar refractivity (Wildman–Crippen MR) is 61.3 cm³/mol. The molecule has 0 N–H and O–H groups in total. The molecule has 0 fully saturated rings. The predicted octanol–water partition coefficient (Wildman–Crippen LogP) is 3.74. The lowest BCUT2D eigenvalue weighted by Gasteiger charge is -2.08. The van der Waals surface area contributed by atoms with E-state index in [0.717, 1.165) is 12.1 Å². The Kier molecular flexibility index (Phi) is 3.52. The Morgan fingerprint density at radius 3 is 2.61 bits per heavy atom. The van der Waals surface area contributed by atoms with Crippen molar-refractivity contribution in [2.45, 2.75) is 12.6 Å². The van der Waals surface area contributed by atoms with Gasteiger partial charge in [0, 0.05) is 12.6 Å². The zero-order chi connectivity index (χ0) is 13.2. The molecule has 0 atom stereocenters. The van der Waals surface area contributed by atoms with E-state index in [4.69, 9.17) is 11.6 Å². The number of nitrogens with zero attached hydrogens (tertiary/aromatic N) is 2. The van der Waals surface area contributed by atoms with Gasteiger partial charge in [-0.25, -0.2) is 9.97 Å². The summed E-state index contributed by atoms with van der Waals surface area (Å²) in [6, 6.07) is 6.59. The molecule has 2 rings (SSSR count). The lowest BCUT2D eigenvalue weighted by atomic mass is 10.1. The average Bonchev–Trinajstić information content (AvgIpc) is 2.28. The van der Waals surface area contributed by atoms with Crippen molar-refractivity contribution in [1.29, 1.82) is 0 Å². The van der Waals surface area contributed by atoms with E-state index in [1.54, 1.807) is 6.07 Å².